The maximum atomic E-state index is 13.6. The minimum Gasteiger partial charge on any atom is -0.497 e. The van der Waals surface area contributed by atoms with Gasteiger partial charge in [-0.2, -0.15) is 0 Å². The third kappa shape index (κ3) is 3.70. The lowest BCUT2D eigenvalue weighted by molar-refractivity contribution is -0.116. The molecule has 1 aliphatic heterocycles. The molecule has 0 bridgehead atoms. The molecule has 5 rings (SSSR count). The number of methoxy groups -OCH3 is 1. The number of hydrogen-bond donors (Lipinski definition) is 2. The number of carbonyl (C=O) groups excluding carboxylic acids is 1. The lowest BCUT2D eigenvalue weighted by Crippen LogP contribution is -2.26. The summed E-state index contributed by atoms with van der Waals surface area (Å²) in [6.45, 7) is 2.09. The maximum absolute atomic E-state index is 13.6. The SMILES string of the molecule is COc1cccc([C@H]2Nc3ccccc3NC3=C2C(=O)C[C@H](c2ccc(C)cc2)C3)c1. The lowest BCUT2D eigenvalue weighted by Gasteiger charge is -2.30. The monoisotopic (exact) mass is 410 g/mol. The number of para-hydroxylation sites is 2. The molecule has 156 valence electrons. The number of nitrogens with one attached hydrogen (secondary N) is 2. The van der Waals surface area contributed by atoms with E-state index in [2.05, 4.69) is 60.0 Å². The summed E-state index contributed by atoms with van der Waals surface area (Å²) in [4.78, 5) is 13.6. The predicted molar refractivity (Wildman–Crippen MR) is 125 cm³/mol. The Morgan fingerprint density at radius 2 is 1.65 bits per heavy atom. The minimum atomic E-state index is -0.229. The van der Waals surface area contributed by atoms with E-state index in [1.165, 1.54) is 11.1 Å². The zero-order valence-corrected chi connectivity index (χ0v) is 17.8. The zero-order chi connectivity index (χ0) is 21.4. The molecule has 4 nitrogen and oxygen atoms in total. The quantitative estimate of drug-likeness (QED) is 0.557. The van der Waals surface area contributed by atoms with Gasteiger partial charge in [-0.3, -0.25) is 4.79 Å². The van der Waals surface area contributed by atoms with Gasteiger partial charge in [-0.05, 0) is 54.7 Å². The molecule has 4 heteroatoms. The van der Waals surface area contributed by atoms with E-state index in [1.54, 1.807) is 7.11 Å². The van der Waals surface area contributed by atoms with Gasteiger partial charge in [0, 0.05) is 17.7 Å². The Morgan fingerprint density at radius 3 is 2.42 bits per heavy atom. The molecule has 31 heavy (non-hydrogen) atoms. The van der Waals surface area contributed by atoms with Crippen LogP contribution in [0.2, 0.25) is 0 Å². The van der Waals surface area contributed by atoms with Crippen LogP contribution in [0.3, 0.4) is 0 Å². The fourth-order valence-corrected chi connectivity index (χ4v) is 4.64. The number of ketones is 1. The van der Waals surface area contributed by atoms with Gasteiger partial charge in [0.05, 0.1) is 24.5 Å². The average Bonchev–Trinajstić information content (AvgIpc) is 2.96. The molecular weight excluding hydrogens is 384 g/mol. The van der Waals surface area contributed by atoms with Crippen molar-refractivity contribution in [2.75, 3.05) is 17.7 Å². The summed E-state index contributed by atoms with van der Waals surface area (Å²) in [5.74, 6) is 1.15. The van der Waals surface area contributed by atoms with E-state index in [0.29, 0.717) is 6.42 Å². The Labute approximate surface area is 183 Å². The van der Waals surface area contributed by atoms with E-state index in [4.69, 9.17) is 4.74 Å². The molecule has 0 fully saturated rings. The molecule has 0 spiro atoms. The third-order valence-electron chi connectivity index (χ3n) is 6.28. The fourth-order valence-electron chi connectivity index (χ4n) is 4.64. The van der Waals surface area contributed by atoms with E-state index in [-0.39, 0.29) is 17.7 Å². The normalized spacial score (nSPS) is 20.1. The molecule has 0 unspecified atom stereocenters. The third-order valence-corrected chi connectivity index (χ3v) is 6.28. The van der Waals surface area contributed by atoms with Gasteiger partial charge in [0.2, 0.25) is 0 Å². The van der Waals surface area contributed by atoms with Gasteiger partial charge in [0.1, 0.15) is 5.75 Å². The highest BCUT2D eigenvalue weighted by atomic mass is 16.5. The lowest BCUT2D eigenvalue weighted by atomic mass is 9.78. The maximum Gasteiger partial charge on any atom is 0.163 e. The van der Waals surface area contributed by atoms with Gasteiger partial charge in [-0.1, -0.05) is 54.1 Å². The van der Waals surface area contributed by atoms with Crippen LogP contribution in [-0.2, 0) is 4.79 Å². The van der Waals surface area contributed by atoms with Crippen LogP contribution in [-0.4, -0.2) is 12.9 Å². The average molecular weight is 411 g/mol. The summed E-state index contributed by atoms with van der Waals surface area (Å²) in [5, 5.41) is 7.22. The van der Waals surface area contributed by atoms with Gasteiger partial charge in [-0.15, -0.1) is 0 Å². The summed E-state index contributed by atoms with van der Waals surface area (Å²) >= 11 is 0. The largest absolute Gasteiger partial charge is 0.497 e. The van der Waals surface area contributed by atoms with Crippen molar-refractivity contribution in [1.29, 1.82) is 0 Å². The predicted octanol–water partition coefficient (Wildman–Crippen LogP) is 5.98. The van der Waals surface area contributed by atoms with Crippen molar-refractivity contribution in [2.24, 2.45) is 0 Å². The number of ether oxygens (including phenoxy) is 1. The van der Waals surface area contributed by atoms with Crippen LogP contribution in [0.25, 0.3) is 0 Å². The number of rotatable bonds is 3. The Balaban J connectivity index is 1.60. The van der Waals surface area contributed by atoms with Gasteiger partial charge in [0.15, 0.2) is 5.78 Å². The van der Waals surface area contributed by atoms with Crippen molar-refractivity contribution in [3.8, 4) is 5.75 Å². The van der Waals surface area contributed by atoms with E-state index in [0.717, 1.165) is 40.4 Å². The molecule has 1 aliphatic carbocycles. The first kappa shape index (κ1) is 19.4. The van der Waals surface area contributed by atoms with E-state index in [9.17, 15) is 4.79 Å². The minimum absolute atomic E-state index is 0.176. The molecule has 3 aromatic carbocycles. The summed E-state index contributed by atoms with van der Waals surface area (Å²) in [6, 6.07) is 24.4. The number of allylic oxidation sites excluding steroid dienone is 1. The first-order chi connectivity index (χ1) is 15.1. The zero-order valence-electron chi connectivity index (χ0n) is 17.8. The molecule has 0 saturated heterocycles. The van der Waals surface area contributed by atoms with Crippen molar-refractivity contribution in [3.63, 3.8) is 0 Å². The van der Waals surface area contributed by atoms with Crippen LogP contribution in [0.1, 0.15) is 41.5 Å². The number of Topliss-reactive ketones (excluding diaryl/α,β-unsaturated/α-hetero) is 1. The number of carbonyl (C=O) groups is 1. The Bertz CT molecular complexity index is 1160. The van der Waals surface area contributed by atoms with Crippen molar-refractivity contribution >= 4 is 17.2 Å². The topological polar surface area (TPSA) is 50.4 Å². The van der Waals surface area contributed by atoms with Crippen LogP contribution in [0.15, 0.2) is 84.1 Å². The van der Waals surface area contributed by atoms with Crippen molar-refractivity contribution in [3.05, 3.63) is 101 Å². The smallest absolute Gasteiger partial charge is 0.163 e. The van der Waals surface area contributed by atoms with E-state index < -0.39 is 0 Å². The highest BCUT2D eigenvalue weighted by Crippen LogP contribution is 2.44. The van der Waals surface area contributed by atoms with Crippen molar-refractivity contribution in [1.82, 2.24) is 0 Å². The van der Waals surface area contributed by atoms with Crippen molar-refractivity contribution < 1.29 is 9.53 Å². The summed E-state index contributed by atoms with van der Waals surface area (Å²) in [7, 11) is 1.67. The Morgan fingerprint density at radius 1 is 0.871 bits per heavy atom. The van der Waals surface area contributed by atoms with Gasteiger partial charge in [0.25, 0.3) is 0 Å². The van der Waals surface area contributed by atoms with Crippen LogP contribution < -0.4 is 15.4 Å². The summed E-state index contributed by atoms with van der Waals surface area (Å²) < 4.78 is 5.45. The van der Waals surface area contributed by atoms with Crippen molar-refractivity contribution in [2.45, 2.75) is 31.7 Å². The van der Waals surface area contributed by atoms with E-state index in [1.807, 2.05) is 30.3 Å². The first-order valence-corrected chi connectivity index (χ1v) is 10.7. The molecule has 0 radical (unpaired) electrons. The second kappa shape index (κ2) is 7.95. The van der Waals surface area contributed by atoms with E-state index >= 15 is 0 Å². The molecule has 2 aliphatic rings. The molecule has 0 amide bonds. The second-order valence-electron chi connectivity index (χ2n) is 8.36. The van der Waals surface area contributed by atoms with Crippen LogP contribution >= 0.6 is 0 Å². The van der Waals surface area contributed by atoms with Gasteiger partial charge in [-0.25, -0.2) is 0 Å². The molecular formula is C27H26N2O2. The Hall–Kier alpha value is -3.53. The van der Waals surface area contributed by atoms with Gasteiger partial charge < -0.3 is 15.4 Å². The highest BCUT2D eigenvalue weighted by Gasteiger charge is 2.36. The van der Waals surface area contributed by atoms with Gasteiger partial charge >= 0.3 is 0 Å². The molecule has 1 heterocycles. The molecule has 2 atom stereocenters. The molecule has 0 aromatic heterocycles. The number of aryl methyl sites for hydroxylation is 1. The van der Waals surface area contributed by atoms with Crippen LogP contribution in [0, 0.1) is 6.92 Å². The number of fused-ring (bicyclic) bond motifs is 1. The second-order valence-corrected chi connectivity index (χ2v) is 8.36. The summed E-state index contributed by atoms with van der Waals surface area (Å²) in [5.41, 5.74) is 7.29. The molecule has 0 saturated carbocycles. The Kier molecular flexibility index (Phi) is 4.99. The summed E-state index contributed by atoms with van der Waals surface area (Å²) in [6.07, 6.45) is 1.32. The standard InChI is InChI=1S/C27H26N2O2/c1-17-10-12-18(13-11-17)20-15-24-26(25(30)16-20)27(19-6-5-7-21(14-19)31-2)29-23-9-4-3-8-22(23)28-24/h3-14,20,27-29H,15-16H2,1-2H3/t20-,27-/m1/s1. The molecule has 3 aromatic rings. The van der Waals surface area contributed by atoms with Crippen LogP contribution in [0.5, 0.6) is 5.75 Å². The number of hydrogen-bond acceptors (Lipinski definition) is 4. The first-order valence-electron chi connectivity index (χ1n) is 10.7. The number of benzene rings is 3. The highest BCUT2D eigenvalue weighted by molar-refractivity contribution is 6.01. The number of anilines is 2. The molecule has 2 N–H and O–H groups in total. The fraction of sp³-hybridized carbons (Fsp3) is 0.222. The van der Waals surface area contributed by atoms with Crippen LogP contribution in [0.4, 0.5) is 11.4 Å².